The normalized spacial score (nSPS) is 13.0. The first kappa shape index (κ1) is 29.5. The number of nitrogens with one attached hydrogen (secondary N) is 3. The maximum Gasteiger partial charge on any atom is 0.410 e. The van der Waals surface area contributed by atoms with Crippen molar-refractivity contribution in [2.24, 2.45) is 0 Å². The van der Waals surface area contributed by atoms with E-state index in [1.165, 1.54) is 18.3 Å². The Kier molecular flexibility index (Phi) is 9.86. The number of pyridine rings is 1. The first-order valence-electron chi connectivity index (χ1n) is 12.9. The number of nitrogens with zero attached hydrogens (tertiary/aromatic N) is 2. The van der Waals surface area contributed by atoms with Gasteiger partial charge in [0.1, 0.15) is 0 Å². The van der Waals surface area contributed by atoms with Crippen molar-refractivity contribution < 1.29 is 27.1 Å². The van der Waals surface area contributed by atoms with Gasteiger partial charge in [0, 0.05) is 43.9 Å². The molecule has 214 valence electrons. The molecule has 0 saturated carbocycles. The van der Waals surface area contributed by atoms with Gasteiger partial charge < -0.3 is 15.4 Å². The van der Waals surface area contributed by atoms with Gasteiger partial charge in [-0.05, 0) is 47.4 Å². The van der Waals surface area contributed by atoms with Crippen LogP contribution in [0.25, 0.3) is 16.5 Å². The van der Waals surface area contributed by atoms with Crippen molar-refractivity contribution in [3.05, 3.63) is 108 Å². The van der Waals surface area contributed by atoms with Crippen LogP contribution in [0.3, 0.4) is 0 Å². The van der Waals surface area contributed by atoms with Crippen molar-refractivity contribution >= 4 is 22.4 Å². The van der Waals surface area contributed by atoms with E-state index in [0.717, 1.165) is 0 Å². The van der Waals surface area contributed by atoms with E-state index in [0.29, 0.717) is 54.2 Å². The molecule has 0 saturated heterocycles. The summed E-state index contributed by atoms with van der Waals surface area (Å²) in [6, 6.07) is 16.3. The average Bonchev–Trinajstić information content (AvgIpc) is 3.34. The standard InChI is InChI=1S/C30H29F4N5O2/c1-35-26(40)9-5-14-36-15-6-16-41-27-13-11-22(19-37-27)28(21-10-12-25-23(17-21)29(31)39-38-25)24(18-30(32,33)34)20-7-3-2-4-8-20/h2-5,7-13,17-19,28,36H,6,14-16H2,1H3,(H,35,40)(H,38,39)/b9-5+,24-18+. The van der Waals surface area contributed by atoms with Gasteiger partial charge in [0.05, 0.1) is 17.5 Å². The van der Waals surface area contributed by atoms with Crippen LogP contribution in [-0.2, 0) is 4.79 Å². The molecule has 3 N–H and O–H groups in total. The topological polar surface area (TPSA) is 91.9 Å². The fraction of sp³-hybridized carbons (Fsp3) is 0.233. The molecule has 1 atom stereocenters. The van der Waals surface area contributed by atoms with Crippen LogP contribution in [0.5, 0.6) is 5.88 Å². The summed E-state index contributed by atoms with van der Waals surface area (Å²) in [5.74, 6) is -1.43. The highest BCUT2D eigenvalue weighted by Crippen LogP contribution is 2.41. The van der Waals surface area contributed by atoms with Crippen LogP contribution in [0.4, 0.5) is 17.6 Å². The van der Waals surface area contributed by atoms with Gasteiger partial charge in [-0.3, -0.25) is 9.89 Å². The molecule has 4 rings (SSSR count). The number of H-pyrrole nitrogens is 1. The molecule has 11 heteroatoms. The highest BCUT2D eigenvalue weighted by atomic mass is 19.4. The number of allylic oxidation sites excluding steroid dienone is 2. The van der Waals surface area contributed by atoms with Crippen LogP contribution in [-0.4, -0.2) is 54.0 Å². The second kappa shape index (κ2) is 13.7. The van der Waals surface area contributed by atoms with Crippen LogP contribution in [0, 0.1) is 5.95 Å². The Morgan fingerprint density at radius 2 is 1.88 bits per heavy atom. The van der Waals surface area contributed by atoms with Gasteiger partial charge in [0.2, 0.25) is 17.7 Å². The van der Waals surface area contributed by atoms with Gasteiger partial charge in [-0.15, -0.1) is 0 Å². The summed E-state index contributed by atoms with van der Waals surface area (Å²) in [4.78, 5) is 15.5. The Balaban J connectivity index is 1.56. The number of hydrogen-bond acceptors (Lipinski definition) is 5. The number of ether oxygens (including phenoxy) is 1. The molecule has 1 amide bonds. The molecule has 0 spiro atoms. The third kappa shape index (κ3) is 8.24. The van der Waals surface area contributed by atoms with Crippen LogP contribution < -0.4 is 15.4 Å². The van der Waals surface area contributed by atoms with Gasteiger partial charge in [-0.1, -0.05) is 48.5 Å². The number of fused-ring (bicyclic) bond motifs is 1. The summed E-state index contributed by atoms with van der Waals surface area (Å²) in [6.45, 7) is 1.54. The van der Waals surface area contributed by atoms with E-state index in [-0.39, 0.29) is 22.9 Å². The fourth-order valence-electron chi connectivity index (χ4n) is 4.32. The molecule has 4 aromatic rings. The number of hydrogen-bond donors (Lipinski definition) is 3. The summed E-state index contributed by atoms with van der Waals surface area (Å²) >= 11 is 0. The summed E-state index contributed by atoms with van der Waals surface area (Å²) in [5.41, 5.74) is 1.66. The summed E-state index contributed by atoms with van der Waals surface area (Å²) in [7, 11) is 1.56. The van der Waals surface area contributed by atoms with E-state index in [4.69, 9.17) is 4.74 Å². The van der Waals surface area contributed by atoms with Crippen molar-refractivity contribution in [3.8, 4) is 5.88 Å². The highest BCUT2D eigenvalue weighted by molar-refractivity contribution is 5.87. The predicted octanol–water partition coefficient (Wildman–Crippen LogP) is 5.54. The van der Waals surface area contributed by atoms with E-state index in [1.54, 1.807) is 67.7 Å². The second-order valence-corrected chi connectivity index (χ2v) is 9.11. The van der Waals surface area contributed by atoms with Crippen LogP contribution >= 0.6 is 0 Å². The molecule has 0 aliphatic heterocycles. The lowest BCUT2D eigenvalue weighted by molar-refractivity contribution is -0.116. The number of likely N-dealkylation sites (N-methyl/N-ethyl adjacent to an activating group) is 1. The maximum absolute atomic E-state index is 14.4. The Hall–Kier alpha value is -4.51. The van der Waals surface area contributed by atoms with E-state index in [1.807, 2.05) is 0 Å². The third-order valence-corrected chi connectivity index (χ3v) is 6.22. The zero-order chi connectivity index (χ0) is 29.2. The summed E-state index contributed by atoms with van der Waals surface area (Å²) in [5, 5.41) is 12.0. The van der Waals surface area contributed by atoms with Crippen molar-refractivity contribution in [1.82, 2.24) is 25.8 Å². The van der Waals surface area contributed by atoms with E-state index in [2.05, 4.69) is 25.8 Å². The smallest absolute Gasteiger partial charge is 0.410 e. The molecule has 7 nitrogen and oxygen atoms in total. The monoisotopic (exact) mass is 567 g/mol. The summed E-state index contributed by atoms with van der Waals surface area (Å²) < 4.78 is 61.5. The van der Waals surface area contributed by atoms with Gasteiger partial charge in [-0.2, -0.15) is 22.7 Å². The van der Waals surface area contributed by atoms with Crippen LogP contribution in [0.15, 0.2) is 85.1 Å². The van der Waals surface area contributed by atoms with E-state index >= 15 is 0 Å². The molecule has 0 fully saturated rings. The zero-order valence-electron chi connectivity index (χ0n) is 22.2. The number of amides is 1. The Bertz CT molecular complexity index is 1500. The van der Waals surface area contributed by atoms with Crippen molar-refractivity contribution in [2.45, 2.75) is 18.5 Å². The molecule has 0 bridgehead atoms. The quantitative estimate of drug-likeness (QED) is 0.119. The minimum atomic E-state index is -4.60. The lowest BCUT2D eigenvalue weighted by Crippen LogP contribution is -2.19. The molecule has 2 aromatic heterocycles. The Morgan fingerprint density at radius 1 is 1.10 bits per heavy atom. The lowest BCUT2D eigenvalue weighted by atomic mass is 9.81. The third-order valence-electron chi connectivity index (χ3n) is 6.22. The fourth-order valence-corrected chi connectivity index (χ4v) is 4.32. The Morgan fingerprint density at radius 3 is 2.59 bits per heavy atom. The molecule has 41 heavy (non-hydrogen) atoms. The van der Waals surface area contributed by atoms with Crippen LogP contribution in [0.2, 0.25) is 0 Å². The van der Waals surface area contributed by atoms with Crippen molar-refractivity contribution in [1.29, 1.82) is 0 Å². The number of benzene rings is 2. The molecular weight excluding hydrogens is 538 g/mol. The predicted molar refractivity (Wildman–Crippen MR) is 149 cm³/mol. The molecular formula is C30H29F4N5O2. The highest BCUT2D eigenvalue weighted by Gasteiger charge is 2.30. The van der Waals surface area contributed by atoms with E-state index in [9.17, 15) is 22.4 Å². The van der Waals surface area contributed by atoms with Gasteiger partial charge in [0.15, 0.2) is 0 Å². The zero-order valence-corrected chi connectivity index (χ0v) is 22.2. The van der Waals surface area contributed by atoms with Gasteiger partial charge in [-0.25, -0.2) is 4.98 Å². The first-order valence-corrected chi connectivity index (χ1v) is 12.9. The van der Waals surface area contributed by atoms with E-state index < -0.39 is 18.0 Å². The van der Waals surface area contributed by atoms with Crippen LogP contribution in [0.1, 0.15) is 29.0 Å². The minimum absolute atomic E-state index is 0.00615. The second-order valence-electron chi connectivity index (χ2n) is 9.11. The number of rotatable bonds is 12. The molecule has 0 aliphatic carbocycles. The van der Waals surface area contributed by atoms with Gasteiger partial charge in [0.25, 0.3) is 0 Å². The molecule has 1 unspecified atom stereocenters. The maximum atomic E-state index is 14.4. The number of alkyl halides is 3. The minimum Gasteiger partial charge on any atom is -0.478 e. The van der Waals surface area contributed by atoms with Crippen molar-refractivity contribution in [3.63, 3.8) is 0 Å². The van der Waals surface area contributed by atoms with Gasteiger partial charge >= 0.3 is 6.18 Å². The van der Waals surface area contributed by atoms with Crippen molar-refractivity contribution in [2.75, 3.05) is 26.7 Å². The average molecular weight is 568 g/mol. The number of carbonyl (C=O) groups excluding carboxylic acids is 1. The molecule has 2 aromatic carbocycles. The number of halogens is 4. The molecule has 2 heterocycles. The SMILES string of the molecule is CNC(=O)/C=C/CNCCCOc1ccc(C(/C(=C/C(F)(F)F)c2ccccc2)c2ccc3n[nH]c(F)c3c2)cn1. The number of aromatic nitrogens is 3. The summed E-state index contributed by atoms with van der Waals surface area (Å²) in [6.07, 6.45) is 0.986. The largest absolute Gasteiger partial charge is 0.478 e. The molecule has 0 radical (unpaired) electrons. The Labute approximate surface area is 234 Å². The lowest BCUT2D eigenvalue weighted by Gasteiger charge is -2.23. The first-order chi connectivity index (χ1) is 19.7. The molecule has 0 aliphatic rings. The number of aromatic amines is 1. The number of carbonyl (C=O) groups is 1.